The fourth-order valence-corrected chi connectivity index (χ4v) is 5.00. The maximum Gasteiger partial charge on any atom is 0.228 e. The van der Waals surface area contributed by atoms with Gasteiger partial charge in [0.05, 0.1) is 11.9 Å². The molecule has 168 valence electrons. The molecule has 0 atom stereocenters. The Morgan fingerprint density at radius 1 is 1.09 bits per heavy atom. The Kier molecular flexibility index (Phi) is 5.67. The summed E-state index contributed by atoms with van der Waals surface area (Å²) in [4.78, 5) is 23.9. The molecule has 0 bridgehead atoms. The van der Waals surface area contributed by atoms with Crippen LogP contribution in [0.2, 0.25) is 0 Å². The fraction of sp³-hybridized carbons (Fsp3) is 0.480. The minimum absolute atomic E-state index is 0.0258. The summed E-state index contributed by atoms with van der Waals surface area (Å²) in [5.41, 5.74) is 2.15. The van der Waals surface area contributed by atoms with E-state index in [0.717, 1.165) is 60.1 Å². The molecule has 3 heterocycles. The molecule has 2 aliphatic rings. The summed E-state index contributed by atoms with van der Waals surface area (Å²) in [6.07, 6.45) is 6.90. The van der Waals surface area contributed by atoms with Gasteiger partial charge in [-0.25, -0.2) is 14.4 Å². The number of anilines is 1. The monoisotopic (exact) mass is 435 g/mol. The van der Waals surface area contributed by atoms with Crippen LogP contribution in [-0.4, -0.2) is 51.1 Å². The van der Waals surface area contributed by atoms with Gasteiger partial charge in [0.15, 0.2) is 0 Å². The molecule has 0 unspecified atom stereocenters. The molecule has 5 rings (SSSR count). The van der Waals surface area contributed by atoms with E-state index in [1.165, 1.54) is 0 Å². The molecule has 2 fully saturated rings. The van der Waals surface area contributed by atoms with Crippen LogP contribution in [0.25, 0.3) is 22.0 Å². The zero-order valence-electron chi connectivity index (χ0n) is 18.7. The highest BCUT2D eigenvalue weighted by molar-refractivity contribution is 5.95. The lowest BCUT2D eigenvalue weighted by Crippen LogP contribution is -2.50. The second kappa shape index (κ2) is 8.62. The summed E-state index contributed by atoms with van der Waals surface area (Å²) < 4.78 is 15.1. The fourth-order valence-electron chi connectivity index (χ4n) is 5.00. The van der Waals surface area contributed by atoms with Crippen LogP contribution in [0.1, 0.15) is 31.5 Å². The van der Waals surface area contributed by atoms with Crippen molar-refractivity contribution in [1.29, 1.82) is 0 Å². The molecule has 32 heavy (non-hydrogen) atoms. The number of imidazole rings is 1. The molecule has 3 aromatic rings. The number of pyridine rings is 1. The molecule has 2 aromatic heterocycles. The zero-order valence-corrected chi connectivity index (χ0v) is 18.7. The third-order valence-corrected chi connectivity index (χ3v) is 7.14. The lowest BCUT2D eigenvalue weighted by atomic mass is 9.81. The number of nitrogens with zero attached hydrogens (tertiary/aromatic N) is 4. The Morgan fingerprint density at radius 2 is 1.88 bits per heavy atom. The van der Waals surface area contributed by atoms with Gasteiger partial charge in [-0.3, -0.25) is 9.69 Å². The molecule has 1 aromatic carbocycles. The summed E-state index contributed by atoms with van der Waals surface area (Å²) >= 11 is 0. The standard InChI is InChI=1S/C25H30FN5O/c1-16-27-12-23(30(16)2)19-7-8-20-11-28-24(10-21(20)9-19)29-25(32)18-5-3-17(4-6-18)13-31-14-22(26)15-31/h7-12,17-18,22H,3-6,13-15H2,1-2H3,(H,28,29,32)/t17-,18-. The highest BCUT2D eigenvalue weighted by Gasteiger charge is 2.31. The number of aromatic nitrogens is 3. The van der Waals surface area contributed by atoms with E-state index in [4.69, 9.17) is 0 Å². The number of fused-ring (bicyclic) bond motifs is 1. The lowest BCUT2D eigenvalue weighted by Gasteiger charge is -2.38. The van der Waals surface area contributed by atoms with E-state index >= 15 is 0 Å². The van der Waals surface area contributed by atoms with Crippen molar-refractivity contribution in [3.8, 4) is 11.3 Å². The molecule has 6 nitrogen and oxygen atoms in total. The van der Waals surface area contributed by atoms with Gasteiger partial charge in [0, 0.05) is 49.7 Å². The predicted octanol–water partition coefficient (Wildman–Crippen LogP) is 4.34. The van der Waals surface area contributed by atoms with E-state index in [1.807, 2.05) is 32.4 Å². The van der Waals surface area contributed by atoms with Crippen LogP contribution in [0.15, 0.2) is 36.7 Å². The van der Waals surface area contributed by atoms with Crippen LogP contribution >= 0.6 is 0 Å². The lowest BCUT2D eigenvalue weighted by molar-refractivity contribution is -0.121. The van der Waals surface area contributed by atoms with Crippen molar-refractivity contribution >= 4 is 22.5 Å². The zero-order chi connectivity index (χ0) is 22.2. The highest BCUT2D eigenvalue weighted by Crippen LogP contribution is 2.32. The number of hydrogen-bond donors (Lipinski definition) is 1. The van der Waals surface area contributed by atoms with Crippen LogP contribution in [0.5, 0.6) is 0 Å². The number of rotatable bonds is 5. The number of benzene rings is 1. The summed E-state index contributed by atoms with van der Waals surface area (Å²) in [5, 5.41) is 5.11. The van der Waals surface area contributed by atoms with Gasteiger partial charge in [-0.2, -0.15) is 0 Å². The minimum Gasteiger partial charge on any atom is -0.331 e. The molecule has 1 amide bonds. The first-order chi connectivity index (χ1) is 15.5. The van der Waals surface area contributed by atoms with Crippen molar-refractivity contribution in [2.75, 3.05) is 25.0 Å². The van der Waals surface area contributed by atoms with Gasteiger partial charge >= 0.3 is 0 Å². The minimum atomic E-state index is -0.643. The van der Waals surface area contributed by atoms with Crippen molar-refractivity contribution in [3.63, 3.8) is 0 Å². The molecule has 0 radical (unpaired) electrons. The number of halogens is 1. The summed E-state index contributed by atoms with van der Waals surface area (Å²) in [6, 6.07) is 8.19. The van der Waals surface area contributed by atoms with Crippen molar-refractivity contribution in [2.24, 2.45) is 18.9 Å². The van der Waals surface area contributed by atoms with Gasteiger partial charge in [-0.15, -0.1) is 0 Å². The van der Waals surface area contributed by atoms with Gasteiger partial charge in [0.1, 0.15) is 17.8 Å². The van der Waals surface area contributed by atoms with E-state index < -0.39 is 6.17 Å². The first-order valence-electron chi connectivity index (χ1n) is 11.5. The number of hydrogen-bond acceptors (Lipinski definition) is 4. The number of amides is 1. The van der Waals surface area contributed by atoms with Crippen molar-refractivity contribution < 1.29 is 9.18 Å². The number of likely N-dealkylation sites (tertiary alicyclic amines) is 1. The van der Waals surface area contributed by atoms with Crippen molar-refractivity contribution in [2.45, 2.75) is 38.8 Å². The molecule has 0 spiro atoms. The van der Waals surface area contributed by atoms with Gasteiger partial charge in [-0.1, -0.05) is 12.1 Å². The number of carbonyl (C=O) groups is 1. The molecule has 1 aliphatic heterocycles. The topological polar surface area (TPSA) is 63.1 Å². The average molecular weight is 436 g/mol. The normalized spacial score (nSPS) is 22.1. The number of carbonyl (C=O) groups excluding carboxylic acids is 1. The van der Waals surface area contributed by atoms with Gasteiger partial charge < -0.3 is 9.88 Å². The Labute approximate surface area is 187 Å². The first kappa shape index (κ1) is 21.1. The average Bonchev–Trinajstić information content (AvgIpc) is 3.11. The predicted molar refractivity (Wildman–Crippen MR) is 124 cm³/mol. The quantitative estimate of drug-likeness (QED) is 0.648. The van der Waals surface area contributed by atoms with E-state index in [9.17, 15) is 9.18 Å². The van der Waals surface area contributed by atoms with Gasteiger partial charge in [0.2, 0.25) is 5.91 Å². The molecule has 1 saturated carbocycles. The van der Waals surface area contributed by atoms with Gasteiger partial charge in [-0.05, 0) is 56.0 Å². The van der Waals surface area contributed by atoms with Crippen LogP contribution in [0.4, 0.5) is 10.2 Å². The van der Waals surface area contributed by atoms with Crippen LogP contribution < -0.4 is 5.32 Å². The molecular formula is C25H30FN5O. The SMILES string of the molecule is Cc1ncc(-c2ccc3cnc(NC(=O)[C@H]4CC[C@H](CN5CC(F)C5)CC4)cc3c2)n1C. The number of aryl methyl sites for hydroxylation is 1. The molecule has 1 aliphatic carbocycles. The first-order valence-corrected chi connectivity index (χ1v) is 11.5. The Hall–Kier alpha value is -2.80. The van der Waals surface area contributed by atoms with Crippen molar-refractivity contribution in [3.05, 3.63) is 42.5 Å². The number of alkyl halides is 1. The van der Waals surface area contributed by atoms with Crippen molar-refractivity contribution in [1.82, 2.24) is 19.4 Å². The van der Waals surface area contributed by atoms with Crippen LogP contribution in [-0.2, 0) is 11.8 Å². The highest BCUT2D eigenvalue weighted by atomic mass is 19.1. The maximum absolute atomic E-state index is 13.0. The van der Waals surface area contributed by atoms with Crippen LogP contribution in [0.3, 0.4) is 0 Å². The van der Waals surface area contributed by atoms with Crippen LogP contribution in [0, 0.1) is 18.8 Å². The maximum atomic E-state index is 13.0. The second-order valence-corrected chi connectivity index (χ2v) is 9.40. The summed E-state index contributed by atoms with van der Waals surface area (Å²) in [7, 11) is 2.01. The molecule has 1 N–H and O–H groups in total. The summed E-state index contributed by atoms with van der Waals surface area (Å²) in [6.45, 7) is 4.12. The van der Waals surface area contributed by atoms with E-state index in [2.05, 4.69) is 43.0 Å². The Bertz CT molecular complexity index is 1130. The molecule has 1 saturated heterocycles. The largest absolute Gasteiger partial charge is 0.331 e. The smallest absolute Gasteiger partial charge is 0.228 e. The van der Waals surface area contributed by atoms with Gasteiger partial charge in [0.25, 0.3) is 0 Å². The second-order valence-electron chi connectivity index (χ2n) is 9.40. The Morgan fingerprint density at radius 3 is 2.56 bits per heavy atom. The molecular weight excluding hydrogens is 405 g/mol. The summed E-state index contributed by atoms with van der Waals surface area (Å²) in [5.74, 6) is 2.23. The third-order valence-electron chi connectivity index (χ3n) is 7.14. The van der Waals surface area contributed by atoms with E-state index in [0.29, 0.717) is 24.8 Å². The third kappa shape index (κ3) is 4.26. The number of nitrogens with one attached hydrogen (secondary N) is 1. The molecule has 7 heteroatoms. The Balaban J connectivity index is 1.23. The van der Waals surface area contributed by atoms with E-state index in [-0.39, 0.29) is 11.8 Å². The van der Waals surface area contributed by atoms with E-state index in [1.54, 1.807) is 0 Å².